The average molecular weight is 305 g/mol. The van der Waals surface area contributed by atoms with Gasteiger partial charge in [-0.05, 0) is 24.0 Å². The van der Waals surface area contributed by atoms with Crippen molar-refractivity contribution < 1.29 is 4.74 Å². The Hall–Kier alpha value is -1.55. The van der Waals surface area contributed by atoms with Crippen LogP contribution in [0.2, 0.25) is 0 Å². The number of hydrogen-bond acceptors (Lipinski definition) is 2. The van der Waals surface area contributed by atoms with Gasteiger partial charge in [0, 0.05) is 20.2 Å². The van der Waals surface area contributed by atoms with E-state index in [4.69, 9.17) is 4.74 Å². The zero-order valence-electron chi connectivity index (χ0n) is 14.5. The van der Waals surface area contributed by atoms with Crippen molar-refractivity contribution in [2.24, 2.45) is 10.9 Å². The Morgan fingerprint density at radius 3 is 2.50 bits per heavy atom. The Morgan fingerprint density at radius 1 is 1.14 bits per heavy atom. The number of ether oxygens (including phenoxy) is 1. The molecule has 0 amide bonds. The van der Waals surface area contributed by atoms with Crippen LogP contribution in [0.4, 0.5) is 0 Å². The molecule has 0 aliphatic heterocycles. The molecule has 0 bridgehead atoms. The SMILES string of the molecule is CCNC(=NCc1cccc(COC)c1)NCC(CC)CC. The lowest BCUT2D eigenvalue weighted by molar-refractivity contribution is 0.185. The number of nitrogens with one attached hydrogen (secondary N) is 2. The summed E-state index contributed by atoms with van der Waals surface area (Å²) >= 11 is 0. The third-order valence-corrected chi connectivity index (χ3v) is 3.78. The van der Waals surface area contributed by atoms with E-state index >= 15 is 0 Å². The highest BCUT2D eigenvalue weighted by Gasteiger charge is 2.05. The van der Waals surface area contributed by atoms with Gasteiger partial charge in [0.25, 0.3) is 0 Å². The molecule has 0 spiro atoms. The van der Waals surface area contributed by atoms with Gasteiger partial charge in [-0.25, -0.2) is 4.99 Å². The van der Waals surface area contributed by atoms with Crippen LogP contribution in [-0.4, -0.2) is 26.2 Å². The van der Waals surface area contributed by atoms with Gasteiger partial charge in [-0.15, -0.1) is 0 Å². The molecule has 0 saturated heterocycles. The van der Waals surface area contributed by atoms with Crippen molar-refractivity contribution >= 4 is 5.96 Å². The van der Waals surface area contributed by atoms with Gasteiger partial charge in [0.15, 0.2) is 5.96 Å². The van der Waals surface area contributed by atoms with Crippen LogP contribution in [0.15, 0.2) is 29.3 Å². The first-order valence-corrected chi connectivity index (χ1v) is 8.32. The maximum Gasteiger partial charge on any atom is 0.191 e. The fraction of sp³-hybridized carbons (Fsp3) is 0.611. The summed E-state index contributed by atoms with van der Waals surface area (Å²) in [5.74, 6) is 1.60. The molecule has 22 heavy (non-hydrogen) atoms. The predicted molar refractivity (Wildman–Crippen MR) is 94.0 cm³/mol. The van der Waals surface area contributed by atoms with Gasteiger partial charge in [-0.2, -0.15) is 0 Å². The van der Waals surface area contributed by atoms with E-state index in [1.54, 1.807) is 7.11 Å². The second kappa shape index (κ2) is 11.1. The fourth-order valence-corrected chi connectivity index (χ4v) is 2.31. The number of guanidine groups is 1. The van der Waals surface area contributed by atoms with Crippen LogP contribution in [-0.2, 0) is 17.9 Å². The Bertz CT molecular complexity index is 442. The minimum absolute atomic E-state index is 0.643. The van der Waals surface area contributed by atoms with Crippen LogP contribution < -0.4 is 10.6 Å². The molecule has 0 unspecified atom stereocenters. The molecule has 0 radical (unpaired) electrons. The summed E-state index contributed by atoms with van der Waals surface area (Å²) in [4.78, 5) is 4.68. The van der Waals surface area contributed by atoms with E-state index in [0.717, 1.165) is 19.0 Å². The van der Waals surface area contributed by atoms with Crippen molar-refractivity contribution in [3.05, 3.63) is 35.4 Å². The third-order valence-electron chi connectivity index (χ3n) is 3.78. The smallest absolute Gasteiger partial charge is 0.191 e. The minimum Gasteiger partial charge on any atom is -0.380 e. The molecule has 4 nitrogen and oxygen atoms in total. The van der Waals surface area contributed by atoms with Crippen LogP contribution in [0.25, 0.3) is 0 Å². The monoisotopic (exact) mass is 305 g/mol. The summed E-state index contributed by atoms with van der Waals surface area (Å²) in [5, 5.41) is 6.76. The third kappa shape index (κ3) is 6.94. The number of nitrogens with zero attached hydrogens (tertiary/aromatic N) is 1. The Kier molecular flexibility index (Phi) is 9.31. The first kappa shape index (κ1) is 18.5. The first-order valence-electron chi connectivity index (χ1n) is 8.32. The van der Waals surface area contributed by atoms with E-state index < -0.39 is 0 Å². The van der Waals surface area contributed by atoms with Gasteiger partial charge in [-0.3, -0.25) is 0 Å². The summed E-state index contributed by atoms with van der Waals surface area (Å²) in [7, 11) is 1.72. The highest BCUT2D eigenvalue weighted by molar-refractivity contribution is 5.79. The zero-order chi connectivity index (χ0) is 16.2. The van der Waals surface area contributed by atoms with Crippen LogP contribution in [0.1, 0.15) is 44.7 Å². The Labute approximate surface area is 135 Å². The molecule has 0 aliphatic rings. The van der Waals surface area contributed by atoms with E-state index in [1.807, 2.05) is 0 Å². The van der Waals surface area contributed by atoms with Crippen LogP contribution in [0.3, 0.4) is 0 Å². The minimum atomic E-state index is 0.643. The Balaban J connectivity index is 2.62. The summed E-state index contributed by atoms with van der Waals surface area (Å²) in [6.07, 6.45) is 2.39. The van der Waals surface area contributed by atoms with E-state index in [-0.39, 0.29) is 0 Å². The van der Waals surface area contributed by atoms with E-state index in [0.29, 0.717) is 19.1 Å². The van der Waals surface area contributed by atoms with E-state index in [2.05, 4.69) is 60.7 Å². The number of benzene rings is 1. The molecule has 124 valence electrons. The summed E-state index contributed by atoms with van der Waals surface area (Å²) in [6.45, 7) is 9.73. The molecular formula is C18H31N3O. The molecule has 4 heteroatoms. The molecule has 0 aromatic heterocycles. The van der Waals surface area contributed by atoms with Gasteiger partial charge < -0.3 is 15.4 Å². The lowest BCUT2D eigenvalue weighted by Gasteiger charge is -2.16. The molecule has 0 aliphatic carbocycles. The second-order valence-electron chi connectivity index (χ2n) is 5.51. The zero-order valence-corrected chi connectivity index (χ0v) is 14.5. The highest BCUT2D eigenvalue weighted by atomic mass is 16.5. The Morgan fingerprint density at radius 2 is 1.86 bits per heavy atom. The molecule has 1 rings (SSSR count). The number of rotatable bonds is 9. The van der Waals surface area contributed by atoms with Crippen molar-refractivity contribution in [1.82, 2.24) is 10.6 Å². The topological polar surface area (TPSA) is 45.7 Å². The molecule has 1 aromatic rings. The molecule has 2 N–H and O–H groups in total. The van der Waals surface area contributed by atoms with Crippen molar-refractivity contribution in [3.63, 3.8) is 0 Å². The lowest BCUT2D eigenvalue weighted by Crippen LogP contribution is -2.39. The maximum atomic E-state index is 5.18. The second-order valence-corrected chi connectivity index (χ2v) is 5.51. The normalized spacial score (nSPS) is 11.8. The predicted octanol–water partition coefficient (Wildman–Crippen LogP) is 3.32. The van der Waals surface area contributed by atoms with Crippen molar-refractivity contribution in [1.29, 1.82) is 0 Å². The van der Waals surface area contributed by atoms with Crippen molar-refractivity contribution in [3.8, 4) is 0 Å². The number of hydrogen-bond donors (Lipinski definition) is 2. The van der Waals surface area contributed by atoms with Gasteiger partial charge in [0.05, 0.1) is 13.2 Å². The molecule has 0 atom stereocenters. The molecule has 1 aromatic carbocycles. The van der Waals surface area contributed by atoms with Gasteiger partial charge in [0.2, 0.25) is 0 Å². The first-order chi connectivity index (χ1) is 10.7. The summed E-state index contributed by atoms with van der Waals surface area (Å²) in [6, 6.07) is 8.39. The van der Waals surface area contributed by atoms with Crippen LogP contribution in [0, 0.1) is 5.92 Å². The number of aliphatic imine (C=N–C) groups is 1. The van der Waals surface area contributed by atoms with Gasteiger partial charge in [0.1, 0.15) is 0 Å². The summed E-state index contributed by atoms with van der Waals surface area (Å²) < 4.78 is 5.18. The fourth-order valence-electron chi connectivity index (χ4n) is 2.31. The molecule has 0 fully saturated rings. The largest absolute Gasteiger partial charge is 0.380 e. The quantitative estimate of drug-likeness (QED) is 0.543. The average Bonchev–Trinajstić information content (AvgIpc) is 2.54. The van der Waals surface area contributed by atoms with Gasteiger partial charge in [-0.1, -0.05) is 51.0 Å². The van der Waals surface area contributed by atoms with Crippen LogP contribution in [0.5, 0.6) is 0 Å². The number of methoxy groups -OCH3 is 1. The molecular weight excluding hydrogens is 274 g/mol. The van der Waals surface area contributed by atoms with E-state index in [9.17, 15) is 0 Å². The van der Waals surface area contributed by atoms with E-state index in [1.165, 1.54) is 24.0 Å². The highest BCUT2D eigenvalue weighted by Crippen LogP contribution is 2.08. The van der Waals surface area contributed by atoms with Crippen LogP contribution >= 0.6 is 0 Å². The maximum absolute atomic E-state index is 5.18. The van der Waals surface area contributed by atoms with Crippen molar-refractivity contribution in [2.45, 2.75) is 46.8 Å². The summed E-state index contributed by atoms with van der Waals surface area (Å²) in [5.41, 5.74) is 2.39. The molecule has 0 heterocycles. The molecule has 0 saturated carbocycles. The van der Waals surface area contributed by atoms with Gasteiger partial charge >= 0.3 is 0 Å². The van der Waals surface area contributed by atoms with Crippen molar-refractivity contribution in [2.75, 3.05) is 20.2 Å². The lowest BCUT2D eigenvalue weighted by atomic mass is 10.0. The standard InChI is InChI=1S/C18H31N3O/c1-5-15(6-2)12-20-18(19-7-3)21-13-16-9-8-10-17(11-16)14-22-4/h8-11,15H,5-7,12-14H2,1-4H3,(H2,19,20,21).